The minimum atomic E-state index is -0.644. The Balaban J connectivity index is 1.81. The number of ether oxygens (including phenoxy) is 2. The van der Waals surface area contributed by atoms with E-state index in [9.17, 15) is 9.50 Å². The molecule has 2 aliphatic rings. The Kier molecular flexibility index (Phi) is 3.43. The standard InChI is InChI=1S/C14H18FNO3/c1-9-7-16(4-5-18-9)12-8-19-13-6-10(15)2-3-11(13)14(12)17/h2-3,6,9,12,14,17H,4-5,7-8H2,1H3/t9-,12+,14+/m1/s1. The van der Waals surface area contributed by atoms with Crippen molar-refractivity contribution in [3.05, 3.63) is 29.6 Å². The summed E-state index contributed by atoms with van der Waals surface area (Å²) in [6.45, 7) is 4.63. The number of morpholine rings is 1. The zero-order valence-corrected chi connectivity index (χ0v) is 10.9. The summed E-state index contributed by atoms with van der Waals surface area (Å²) in [7, 11) is 0. The molecule has 0 aliphatic carbocycles. The van der Waals surface area contributed by atoms with Gasteiger partial charge in [-0.2, -0.15) is 0 Å². The summed E-state index contributed by atoms with van der Waals surface area (Å²) in [5.74, 6) is 0.106. The summed E-state index contributed by atoms with van der Waals surface area (Å²) >= 11 is 0. The highest BCUT2D eigenvalue weighted by atomic mass is 19.1. The molecule has 1 fully saturated rings. The molecule has 0 saturated carbocycles. The molecule has 0 spiro atoms. The lowest BCUT2D eigenvalue weighted by Crippen LogP contribution is -2.52. The zero-order chi connectivity index (χ0) is 13.4. The number of aliphatic hydroxyl groups is 1. The van der Waals surface area contributed by atoms with Crippen LogP contribution in [0.5, 0.6) is 5.75 Å². The third-order valence-electron chi connectivity index (χ3n) is 3.81. The first kappa shape index (κ1) is 12.8. The maximum Gasteiger partial charge on any atom is 0.128 e. The van der Waals surface area contributed by atoms with E-state index in [2.05, 4.69) is 4.90 Å². The molecule has 0 amide bonds. The maximum atomic E-state index is 13.1. The summed E-state index contributed by atoms with van der Waals surface area (Å²) in [5, 5.41) is 10.5. The minimum Gasteiger partial charge on any atom is -0.491 e. The second-order valence-corrected chi connectivity index (χ2v) is 5.18. The first-order valence-electron chi connectivity index (χ1n) is 6.61. The van der Waals surface area contributed by atoms with Gasteiger partial charge >= 0.3 is 0 Å². The molecule has 1 saturated heterocycles. The van der Waals surface area contributed by atoms with E-state index >= 15 is 0 Å². The average Bonchev–Trinajstić information content (AvgIpc) is 2.39. The number of nitrogens with zero attached hydrogens (tertiary/aromatic N) is 1. The molecule has 2 heterocycles. The van der Waals surface area contributed by atoms with Crippen LogP contribution in [0.1, 0.15) is 18.6 Å². The third kappa shape index (κ3) is 2.45. The van der Waals surface area contributed by atoms with Crippen LogP contribution in [0.2, 0.25) is 0 Å². The Hall–Kier alpha value is -1.17. The molecule has 1 N–H and O–H groups in total. The number of rotatable bonds is 1. The van der Waals surface area contributed by atoms with Crippen LogP contribution in [0.15, 0.2) is 18.2 Å². The van der Waals surface area contributed by atoms with Crippen molar-refractivity contribution in [1.29, 1.82) is 0 Å². The van der Waals surface area contributed by atoms with Gasteiger partial charge in [-0.1, -0.05) is 0 Å². The normalized spacial score (nSPS) is 31.6. The topological polar surface area (TPSA) is 41.9 Å². The van der Waals surface area contributed by atoms with Crippen LogP contribution in [0, 0.1) is 5.82 Å². The van der Waals surface area contributed by atoms with Gasteiger partial charge in [0, 0.05) is 24.7 Å². The molecule has 0 radical (unpaired) electrons. The summed E-state index contributed by atoms with van der Waals surface area (Å²) in [6, 6.07) is 4.20. The van der Waals surface area contributed by atoms with Gasteiger partial charge in [0.15, 0.2) is 0 Å². The van der Waals surface area contributed by atoms with Crippen LogP contribution in [-0.2, 0) is 4.74 Å². The van der Waals surface area contributed by atoms with Gasteiger partial charge in [-0.05, 0) is 19.1 Å². The van der Waals surface area contributed by atoms with Crippen LogP contribution in [0.25, 0.3) is 0 Å². The second kappa shape index (κ2) is 5.07. The predicted molar refractivity (Wildman–Crippen MR) is 67.6 cm³/mol. The average molecular weight is 267 g/mol. The summed E-state index contributed by atoms with van der Waals surface area (Å²) in [5.41, 5.74) is 0.664. The van der Waals surface area contributed by atoms with E-state index in [-0.39, 0.29) is 18.0 Å². The van der Waals surface area contributed by atoms with Crippen molar-refractivity contribution >= 4 is 0 Å². The summed E-state index contributed by atoms with van der Waals surface area (Å²) < 4.78 is 24.2. The van der Waals surface area contributed by atoms with Crippen molar-refractivity contribution in [3.63, 3.8) is 0 Å². The highest BCUT2D eigenvalue weighted by Crippen LogP contribution is 2.35. The SMILES string of the molecule is C[C@@H]1CN([C@H]2COc3cc(F)ccc3[C@@H]2O)CCO1. The highest BCUT2D eigenvalue weighted by Gasteiger charge is 2.35. The first-order chi connectivity index (χ1) is 9.15. The van der Waals surface area contributed by atoms with Crippen molar-refractivity contribution in [2.45, 2.75) is 25.2 Å². The van der Waals surface area contributed by atoms with Crippen molar-refractivity contribution < 1.29 is 19.0 Å². The Bertz CT molecular complexity index is 468. The van der Waals surface area contributed by atoms with Gasteiger partial charge in [0.05, 0.1) is 18.8 Å². The van der Waals surface area contributed by atoms with E-state index in [0.29, 0.717) is 24.5 Å². The van der Waals surface area contributed by atoms with Crippen LogP contribution >= 0.6 is 0 Å². The fourth-order valence-electron chi connectivity index (χ4n) is 2.80. The number of benzene rings is 1. The minimum absolute atomic E-state index is 0.0932. The predicted octanol–water partition coefficient (Wildman–Crippen LogP) is 1.34. The smallest absolute Gasteiger partial charge is 0.128 e. The molecular formula is C14H18FNO3. The Morgan fingerprint density at radius 1 is 1.42 bits per heavy atom. The van der Waals surface area contributed by atoms with Crippen LogP contribution in [0.4, 0.5) is 4.39 Å². The lowest BCUT2D eigenvalue weighted by atomic mass is 9.97. The molecule has 1 aromatic rings. The number of hydrogen-bond donors (Lipinski definition) is 1. The number of halogens is 1. The molecule has 2 aliphatic heterocycles. The van der Waals surface area contributed by atoms with E-state index in [0.717, 1.165) is 13.1 Å². The lowest BCUT2D eigenvalue weighted by Gasteiger charge is -2.41. The first-order valence-corrected chi connectivity index (χ1v) is 6.61. The second-order valence-electron chi connectivity index (χ2n) is 5.18. The Morgan fingerprint density at radius 3 is 3.05 bits per heavy atom. The van der Waals surface area contributed by atoms with Gasteiger partial charge in [0.2, 0.25) is 0 Å². The highest BCUT2D eigenvalue weighted by molar-refractivity contribution is 5.38. The van der Waals surface area contributed by atoms with E-state index in [1.165, 1.54) is 12.1 Å². The van der Waals surface area contributed by atoms with Crippen LogP contribution < -0.4 is 4.74 Å². The van der Waals surface area contributed by atoms with Crippen molar-refractivity contribution in [1.82, 2.24) is 4.90 Å². The third-order valence-corrected chi connectivity index (χ3v) is 3.81. The van der Waals surface area contributed by atoms with E-state index in [1.54, 1.807) is 6.07 Å². The molecule has 1 aromatic carbocycles. The number of hydrogen-bond acceptors (Lipinski definition) is 4. The fraction of sp³-hybridized carbons (Fsp3) is 0.571. The molecule has 0 bridgehead atoms. The Labute approximate surface area is 111 Å². The lowest BCUT2D eigenvalue weighted by molar-refractivity contribution is -0.0736. The van der Waals surface area contributed by atoms with Gasteiger partial charge in [0.25, 0.3) is 0 Å². The molecular weight excluding hydrogens is 249 g/mol. The molecule has 3 rings (SSSR count). The monoisotopic (exact) mass is 267 g/mol. The van der Waals surface area contributed by atoms with Crippen molar-refractivity contribution in [3.8, 4) is 5.75 Å². The van der Waals surface area contributed by atoms with E-state index in [1.807, 2.05) is 6.92 Å². The molecule has 0 aromatic heterocycles. The Morgan fingerprint density at radius 2 is 2.26 bits per heavy atom. The fourth-order valence-corrected chi connectivity index (χ4v) is 2.80. The van der Waals surface area contributed by atoms with Crippen molar-refractivity contribution in [2.24, 2.45) is 0 Å². The maximum absolute atomic E-state index is 13.1. The molecule has 19 heavy (non-hydrogen) atoms. The van der Waals surface area contributed by atoms with E-state index < -0.39 is 6.10 Å². The van der Waals surface area contributed by atoms with Gasteiger partial charge in [-0.3, -0.25) is 4.90 Å². The van der Waals surface area contributed by atoms with Gasteiger partial charge in [-0.15, -0.1) is 0 Å². The molecule has 4 nitrogen and oxygen atoms in total. The molecule has 0 unspecified atom stereocenters. The van der Waals surface area contributed by atoms with Crippen molar-refractivity contribution in [2.75, 3.05) is 26.3 Å². The summed E-state index contributed by atoms with van der Waals surface area (Å²) in [6.07, 6.45) is -0.481. The summed E-state index contributed by atoms with van der Waals surface area (Å²) in [4.78, 5) is 2.19. The zero-order valence-electron chi connectivity index (χ0n) is 10.9. The van der Waals surface area contributed by atoms with Crippen LogP contribution in [-0.4, -0.2) is 48.5 Å². The largest absolute Gasteiger partial charge is 0.491 e. The quantitative estimate of drug-likeness (QED) is 0.834. The van der Waals surface area contributed by atoms with Gasteiger partial charge in [0.1, 0.15) is 24.3 Å². The van der Waals surface area contributed by atoms with Gasteiger partial charge in [-0.25, -0.2) is 4.39 Å². The number of fused-ring (bicyclic) bond motifs is 1. The van der Waals surface area contributed by atoms with Gasteiger partial charge < -0.3 is 14.6 Å². The number of aliphatic hydroxyl groups excluding tert-OH is 1. The van der Waals surface area contributed by atoms with Crippen LogP contribution in [0.3, 0.4) is 0 Å². The van der Waals surface area contributed by atoms with E-state index in [4.69, 9.17) is 9.47 Å². The molecule has 104 valence electrons. The molecule has 3 atom stereocenters. The molecule has 5 heteroatoms.